The van der Waals surface area contributed by atoms with Crippen molar-refractivity contribution in [2.24, 2.45) is 0 Å². The lowest BCUT2D eigenvalue weighted by Crippen LogP contribution is -2.04. The van der Waals surface area contributed by atoms with Gasteiger partial charge in [-0.15, -0.1) is 0 Å². The summed E-state index contributed by atoms with van der Waals surface area (Å²) in [5.41, 5.74) is 2.29. The van der Waals surface area contributed by atoms with E-state index in [2.05, 4.69) is 0 Å². The third-order valence-electron chi connectivity index (χ3n) is 3.05. The Morgan fingerprint density at radius 3 is 2.58 bits per heavy atom. The maximum atomic E-state index is 13.2. The number of hydrogen-bond acceptors (Lipinski definition) is 1. The van der Waals surface area contributed by atoms with E-state index in [1.807, 2.05) is 6.92 Å². The minimum Gasteiger partial charge on any atom is -0.388 e. The lowest BCUT2D eigenvalue weighted by atomic mass is 9.98. The van der Waals surface area contributed by atoms with E-state index in [4.69, 9.17) is 23.2 Å². The molecule has 2 aromatic rings. The summed E-state index contributed by atoms with van der Waals surface area (Å²) in [7, 11) is 0. The van der Waals surface area contributed by atoms with Gasteiger partial charge in [0.1, 0.15) is 5.82 Å². The summed E-state index contributed by atoms with van der Waals surface area (Å²) in [6, 6.07) is 9.47. The Labute approximate surface area is 121 Å². The predicted octanol–water partition coefficient (Wildman–Crippen LogP) is 4.72. The third kappa shape index (κ3) is 3.47. The Kier molecular flexibility index (Phi) is 4.46. The van der Waals surface area contributed by atoms with E-state index in [1.54, 1.807) is 24.3 Å². The number of benzene rings is 2. The average molecular weight is 299 g/mol. The molecule has 0 heterocycles. The van der Waals surface area contributed by atoms with Crippen LogP contribution in [0.2, 0.25) is 10.0 Å². The van der Waals surface area contributed by atoms with E-state index in [1.165, 1.54) is 12.1 Å². The Hall–Kier alpha value is -1.09. The molecule has 0 fully saturated rings. The second kappa shape index (κ2) is 5.91. The smallest absolute Gasteiger partial charge is 0.123 e. The van der Waals surface area contributed by atoms with Crippen LogP contribution in [0.5, 0.6) is 0 Å². The average Bonchev–Trinajstić information content (AvgIpc) is 2.33. The van der Waals surface area contributed by atoms with E-state index in [0.717, 1.165) is 11.1 Å². The molecule has 100 valence electrons. The topological polar surface area (TPSA) is 20.2 Å². The van der Waals surface area contributed by atoms with Crippen LogP contribution in [0.25, 0.3) is 0 Å². The summed E-state index contributed by atoms with van der Waals surface area (Å²) < 4.78 is 13.2. The van der Waals surface area contributed by atoms with Crippen molar-refractivity contribution in [2.45, 2.75) is 19.4 Å². The maximum Gasteiger partial charge on any atom is 0.123 e. The van der Waals surface area contributed by atoms with Crippen molar-refractivity contribution in [1.82, 2.24) is 0 Å². The number of halogens is 3. The first kappa shape index (κ1) is 14.3. The minimum atomic E-state index is -0.787. The Balaban J connectivity index is 2.25. The van der Waals surface area contributed by atoms with Crippen LogP contribution in [0.4, 0.5) is 4.39 Å². The number of aliphatic hydroxyl groups excluding tert-OH is 1. The number of hydrogen-bond donors (Lipinski definition) is 1. The second-order valence-electron chi connectivity index (χ2n) is 4.46. The normalized spacial score (nSPS) is 12.5. The van der Waals surface area contributed by atoms with E-state index < -0.39 is 6.10 Å². The highest BCUT2D eigenvalue weighted by molar-refractivity contribution is 6.35. The van der Waals surface area contributed by atoms with Crippen LogP contribution in [-0.2, 0) is 6.42 Å². The lowest BCUT2D eigenvalue weighted by molar-refractivity contribution is 0.178. The number of aryl methyl sites for hydroxylation is 1. The van der Waals surface area contributed by atoms with Crippen molar-refractivity contribution >= 4 is 23.2 Å². The zero-order chi connectivity index (χ0) is 14.0. The quantitative estimate of drug-likeness (QED) is 0.869. The molecule has 0 bridgehead atoms. The highest BCUT2D eigenvalue weighted by atomic mass is 35.5. The third-order valence-corrected chi connectivity index (χ3v) is 3.61. The van der Waals surface area contributed by atoms with E-state index in [0.29, 0.717) is 22.0 Å². The van der Waals surface area contributed by atoms with E-state index >= 15 is 0 Å². The molecule has 19 heavy (non-hydrogen) atoms. The molecule has 1 atom stereocenters. The van der Waals surface area contributed by atoms with Crippen LogP contribution in [0.3, 0.4) is 0 Å². The van der Waals surface area contributed by atoms with Gasteiger partial charge in [-0.05, 0) is 47.9 Å². The molecule has 0 amide bonds. The molecular formula is C15H13Cl2FO. The SMILES string of the molecule is Cc1ccc(F)cc1CC(O)c1ccc(Cl)cc1Cl. The molecule has 0 saturated heterocycles. The highest BCUT2D eigenvalue weighted by Crippen LogP contribution is 2.29. The zero-order valence-electron chi connectivity index (χ0n) is 10.3. The van der Waals surface area contributed by atoms with Gasteiger partial charge >= 0.3 is 0 Å². The fourth-order valence-electron chi connectivity index (χ4n) is 1.95. The van der Waals surface area contributed by atoms with Crippen LogP contribution in [-0.4, -0.2) is 5.11 Å². The Bertz CT molecular complexity index is 599. The molecule has 0 aromatic heterocycles. The maximum absolute atomic E-state index is 13.2. The summed E-state index contributed by atoms with van der Waals surface area (Å²) >= 11 is 11.9. The van der Waals surface area contributed by atoms with Crippen molar-refractivity contribution in [3.05, 3.63) is 69.0 Å². The minimum absolute atomic E-state index is 0.310. The van der Waals surface area contributed by atoms with Gasteiger partial charge in [0, 0.05) is 16.5 Å². The van der Waals surface area contributed by atoms with Gasteiger partial charge in [0.2, 0.25) is 0 Å². The summed E-state index contributed by atoms with van der Waals surface area (Å²) in [4.78, 5) is 0. The van der Waals surface area contributed by atoms with Gasteiger partial charge in [-0.1, -0.05) is 35.3 Å². The van der Waals surface area contributed by atoms with E-state index in [-0.39, 0.29) is 5.82 Å². The molecule has 0 aliphatic rings. The van der Waals surface area contributed by atoms with Gasteiger partial charge < -0.3 is 5.11 Å². The molecule has 0 aliphatic heterocycles. The van der Waals surface area contributed by atoms with Gasteiger partial charge in [0.25, 0.3) is 0 Å². The summed E-state index contributed by atoms with van der Waals surface area (Å²) in [5.74, 6) is -0.310. The van der Waals surface area contributed by atoms with Gasteiger partial charge in [-0.25, -0.2) is 4.39 Å². The van der Waals surface area contributed by atoms with Crippen molar-refractivity contribution in [1.29, 1.82) is 0 Å². The molecule has 0 radical (unpaired) electrons. The van der Waals surface area contributed by atoms with Gasteiger partial charge in [0.05, 0.1) is 6.10 Å². The molecule has 1 nitrogen and oxygen atoms in total. The summed E-state index contributed by atoms with van der Waals surface area (Å²) in [6.45, 7) is 1.88. The molecule has 2 rings (SSSR count). The fraction of sp³-hybridized carbons (Fsp3) is 0.200. The fourth-order valence-corrected chi connectivity index (χ4v) is 2.48. The highest BCUT2D eigenvalue weighted by Gasteiger charge is 2.14. The summed E-state index contributed by atoms with van der Waals surface area (Å²) in [6.07, 6.45) is -0.476. The van der Waals surface area contributed by atoms with E-state index in [9.17, 15) is 9.50 Å². The summed E-state index contributed by atoms with van der Waals surface area (Å²) in [5, 5.41) is 11.1. The van der Waals surface area contributed by atoms with Gasteiger partial charge in [-0.2, -0.15) is 0 Å². The van der Waals surface area contributed by atoms with Crippen molar-refractivity contribution in [3.63, 3.8) is 0 Å². The standard InChI is InChI=1S/C15H13Cl2FO/c1-9-2-4-12(18)6-10(9)7-15(19)13-5-3-11(16)8-14(13)17/h2-6,8,15,19H,7H2,1H3. The predicted molar refractivity (Wildman–Crippen MR) is 76.3 cm³/mol. The molecule has 2 aromatic carbocycles. The zero-order valence-corrected chi connectivity index (χ0v) is 11.8. The van der Waals surface area contributed by atoms with Crippen molar-refractivity contribution in [3.8, 4) is 0 Å². The molecule has 0 aliphatic carbocycles. The van der Waals surface area contributed by atoms with Gasteiger partial charge in [0.15, 0.2) is 0 Å². The molecule has 1 unspecified atom stereocenters. The lowest BCUT2D eigenvalue weighted by Gasteiger charge is -2.14. The number of aliphatic hydroxyl groups is 1. The van der Waals surface area contributed by atoms with Crippen LogP contribution < -0.4 is 0 Å². The molecular weight excluding hydrogens is 286 g/mol. The number of rotatable bonds is 3. The van der Waals surface area contributed by atoms with Crippen LogP contribution >= 0.6 is 23.2 Å². The molecule has 4 heteroatoms. The van der Waals surface area contributed by atoms with Crippen molar-refractivity contribution in [2.75, 3.05) is 0 Å². The first-order chi connectivity index (χ1) is 8.97. The van der Waals surface area contributed by atoms with Gasteiger partial charge in [-0.3, -0.25) is 0 Å². The largest absolute Gasteiger partial charge is 0.388 e. The van der Waals surface area contributed by atoms with Crippen LogP contribution in [0.1, 0.15) is 22.8 Å². The van der Waals surface area contributed by atoms with Crippen LogP contribution in [0.15, 0.2) is 36.4 Å². The Morgan fingerprint density at radius 2 is 1.89 bits per heavy atom. The monoisotopic (exact) mass is 298 g/mol. The Morgan fingerprint density at radius 1 is 1.16 bits per heavy atom. The first-order valence-corrected chi connectivity index (χ1v) is 6.61. The second-order valence-corrected chi connectivity index (χ2v) is 5.30. The molecule has 0 saturated carbocycles. The van der Waals surface area contributed by atoms with Crippen molar-refractivity contribution < 1.29 is 9.50 Å². The van der Waals surface area contributed by atoms with Crippen LogP contribution in [0, 0.1) is 12.7 Å². The molecule has 0 spiro atoms. The molecule has 1 N–H and O–H groups in total. The first-order valence-electron chi connectivity index (χ1n) is 5.85.